The zero-order valence-corrected chi connectivity index (χ0v) is 20.9. The van der Waals surface area contributed by atoms with E-state index in [1.54, 1.807) is 55.4 Å². The van der Waals surface area contributed by atoms with Gasteiger partial charge in [-0.15, -0.1) is 0 Å². The maximum atomic E-state index is 13.5. The van der Waals surface area contributed by atoms with Crippen LogP contribution < -0.4 is 4.74 Å². The number of likely N-dealkylation sites (N-methyl/N-ethyl adjacent to an activating group) is 1. The molecule has 2 aromatic rings. The number of carbonyl (C=O) groups excluding carboxylic acids is 1. The third kappa shape index (κ3) is 5.84. The zero-order chi connectivity index (χ0) is 24.9. The zero-order valence-electron chi connectivity index (χ0n) is 20.1. The average molecular weight is 488 g/mol. The summed E-state index contributed by atoms with van der Waals surface area (Å²) in [6.07, 6.45) is 5.09. The maximum absolute atomic E-state index is 13.5. The molecule has 0 radical (unpaired) electrons. The number of benzene rings is 1. The first-order valence-corrected chi connectivity index (χ1v) is 12.8. The predicted octanol–water partition coefficient (Wildman–Crippen LogP) is 2.58. The molecule has 1 aromatic heterocycles. The van der Waals surface area contributed by atoms with Crippen molar-refractivity contribution in [2.45, 2.75) is 44.2 Å². The van der Waals surface area contributed by atoms with E-state index in [0.717, 1.165) is 5.56 Å². The molecule has 0 bridgehead atoms. The molecule has 3 rings (SSSR count). The second-order valence-electron chi connectivity index (χ2n) is 8.72. The Bertz CT molecular complexity index is 1120. The highest BCUT2D eigenvalue weighted by molar-refractivity contribution is 7.89. The second kappa shape index (κ2) is 11.1. The number of nitrogens with zero attached hydrogens (tertiary/aromatic N) is 3. The lowest BCUT2D eigenvalue weighted by Crippen LogP contribution is -2.50. The fourth-order valence-corrected chi connectivity index (χ4v) is 5.75. The van der Waals surface area contributed by atoms with E-state index in [4.69, 9.17) is 4.74 Å². The molecule has 0 saturated carbocycles. The molecule has 3 atom stereocenters. The minimum atomic E-state index is -3.89. The highest BCUT2D eigenvalue weighted by Crippen LogP contribution is 2.34. The third-order valence-corrected chi connectivity index (χ3v) is 8.01. The highest BCUT2D eigenvalue weighted by Gasteiger charge is 2.38. The molecule has 34 heavy (non-hydrogen) atoms. The number of rotatable bonds is 7. The van der Waals surface area contributed by atoms with Crippen molar-refractivity contribution in [3.63, 3.8) is 0 Å². The number of carbonyl (C=O) groups is 1. The Morgan fingerprint density at radius 3 is 2.76 bits per heavy atom. The van der Waals surface area contributed by atoms with Crippen LogP contribution in [0.3, 0.4) is 0 Å². The summed E-state index contributed by atoms with van der Waals surface area (Å²) in [5.41, 5.74) is 1.49. The van der Waals surface area contributed by atoms with Crippen molar-refractivity contribution < 1.29 is 23.1 Å². The minimum absolute atomic E-state index is 0.0559. The van der Waals surface area contributed by atoms with Crippen LogP contribution in [0.15, 0.2) is 53.6 Å². The number of aliphatic hydroxyl groups excluding tert-OH is 1. The van der Waals surface area contributed by atoms with Crippen LogP contribution in [-0.4, -0.2) is 72.5 Å². The Hall–Kier alpha value is -2.75. The first-order chi connectivity index (χ1) is 16.2. The lowest BCUT2D eigenvalue weighted by molar-refractivity contribution is -0.130. The van der Waals surface area contributed by atoms with E-state index in [1.165, 1.54) is 4.31 Å². The van der Waals surface area contributed by atoms with Gasteiger partial charge in [0.05, 0.1) is 19.6 Å². The van der Waals surface area contributed by atoms with Crippen LogP contribution in [0, 0.1) is 5.92 Å². The molecule has 1 aliphatic rings. The minimum Gasteiger partial charge on any atom is -0.487 e. The molecule has 184 valence electrons. The Balaban J connectivity index is 1.94. The third-order valence-electron chi connectivity index (χ3n) is 5.99. The normalized spacial score (nSPS) is 21.2. The van der Waals surface area contributed by atoms with Crippen LogP contribution in [-0.2, 0) is 21.2 Å². The maximum Gasteiger partial charge on any atom is 0.247 e. The quantitative estimate of drug-likeness (QED) is 0.644. The summed E-state index contributed by atoms with van der Waals surface area (Å²) >= 11 is 0. The highest BCUT2D eigenvalue weighted by atomic mass is 32.2. The van der Waals surface area contributed by atoms with E-state index in [-0.39, 0.29) is 48.6 Å². The van der Waals surface area contributed by atoms with Gasteiger partial charge >= 0.3 is 0 Å². The SMILES string of the molecule is C/C=C/c1ccc2c(c1)O[C@H](CN(C)C(=O)Cc1ccccn1)[C@H](C)CN([C@@H](C)CO)S2(=O)=O. The van der Waals surface area contributed by atoms with Gasteiger partial charge in [0.1, 0.15) is 16.7 Å². The summed E-state index contributed by atoms with van der Waals surface area (Å²) in [5.74, 6) is -0.104. The van der Waals surface area contributed by atoms with Crippen LogP contribution in [0.5, 0.6) is 5.75 Å². The number of ether oxygens (including phenoxy) is 1. The summed E-state index contributed by atoms with van der Waals surface area (Å²) in [7, 11) is -2.18. The number of amides is 1. The molecule has 8 nitrogen and oxygen atoms in total. The lowest BCUT2D eigenvalue weighted by atomic mass is 10.0. The van der Waals surface area contributed by atoms with Crippen LogP contribution in [0.2, 0.25) is 0 Å². The molecular formula is C25H33N3O5S. The monoisotopic (exact) mass is 487 g/mol. The predicted molar refractivity (Wildman–Crippen MR) is 131 cm³/mol. The van der Waals surface area contributed by atoms with Crippen LogP contribution >= 0.6 is 0 Å². The van der Waals surface area contributed by atoms with E-state index >= 15 is 0 Å². The Labute approximate surface area is 201 Å². The summed E-state index contributed by atoms with van der Waals surface area (Å²) in [5, 5.41) is 9.75. The molecule has 0 saturated heterocycles. The van der Waals surface area contributed by atoms with E-state index in [1.807, 2.05) is 32.1 Å². The molecule has 0 aliphatic carbocycles. The molecule has 1 N–H and O–H groups in total. The second-order valence-corrected chi connectivity index (χ2v) is 10.6. The number of allylic oxidation sites excluding steroid dienone is 1. The molecule has 0 spiro atoms. The Kier molecular flexibility index (Phi) is 8.46. The van der Waals surface area contributed by atoms with Crippen molar-refractivity contribution in [2.75, 3.05) is 26.7 Å². The van der Waals surface area contributed by atoms with Crippen molar-refractivity contribution in [1.29, 1.82) is 0 Å². The van der Waals surface area contributed by atoms with Gasteiger partial charge in [-0.3, -0.25) is 9.78 Å². The summed E-state index contributed by atoms with van der Waals surface area (Å²) in [6.45, 7) is 5.60. The molecule has 9 heteroatoms. The molecule has 1 amide bonds. The van der Waals surface area contributed by atoms with Gasteiger partial charge in [0.15, 0.2) is 0 Å². The van der Waals surface area contributed by atoms with Crippen molar-refractivity contribution >= 4 is 22.0 Å². The van der Waals surface area contributed by atoms with Gasteiger partial charge in [-0.05, 0) is 43.7 Å². The molecule has 0 unspecified atom stereocenters. The van der Waals surface area contributed by atoms with Gasteiger partial charge in [-0.1, -0.05) is 31.2 Å². The summed E-state index contributed by atoms with van der Waals surface area (Å²) < 4.78 is 34.6. The molecule has 1 aromatic carbocycles. The van der Waals surface area contributed by atoms with E-state index in [2.05, 4.69) is 4.98 Å². The van der Waals surface area contributed by atoms with Crippen molar-refractivity contribution in [2.24, 2.45) is 5.92 Å². The summed E-state index contributed by atoms with van der Waals surface area (Å²) in [4.78, 5) is 18.7. The molecular weight excluding hydrogens is 454 g/mol. The lowest BCUT2D eigenvalue weighted by Gasteiger charge is -2.37. The van der Waals surface area contributed by atoms with Gasteiger partial charge in [0.2, 0.25) is 15.9 Å². The van der Waals surface area contributed by atoms with Gasteiger partial charge < -0.3 is 14.7 Å². The Morgan fingerprint density at radius 2 is 2.12 bits per heavy atom. The van der Waals surface area contributed by atoms with Crippen molar-refractivity contribution in [3.8, 4) is 5.75 Å². The van der Waals surface area contributed by atoms with Crippen LogP contribution in [0.1, 0.15) is 32.0 Å². The number of fused-ring (bicyclic) bond motifs is 1. The molecule has 0 fully saturated rings. The van der Waals surface area contributed by atoms with Gasteiger partial charge in [-0.25, -0.2) is 8.42 Å². The van der Waals surface area contributed by atoms with E-state index < -0.39 is 22.2 Å². The van der Waals surface area contributed by atoms with Gasteiger partial charge in [-0.2, -0.15) is 4.31 Å². The van der Waals surface area contributed by atoms with Crippen molar-refractivity contribution in [3.05, 3.63) is 59.9 Å². The number of sulfonamides is 1. The van der Waals surface area contributed by atoms with Crippen molar-refractivity contribution in [1.82, 2.24) is 14.2 Å². The number of aliphatic hydroxyl groups is 1. The standard InChI is InChI=1S/C25H33N3O5S/c1-5-8-20-10-11-24-22(13-20)33-23(18(2)15-28(19(3)17-29)34(24,31)32)16-27(4)25(30)14-21-9-6-7-12-26-21/h5-13,18-19,23,29H,14-17H2,1-4H3/b8-5+/t18-,19+,23-/m1/s1. The first kappa shape index (κ1) is 25.9. The number of hydrogen-bond donors (Lipinski definition) is 1. The van der Waals surface area contributed by atoms with E-state index in [9.17, 15) is 18.3 Å². The summed E-state index contributed by atoms with van der Waals surface area (Å²) in [6, 6.07) is 9.82. The van der Waals surface area contributed by atoms with Gasteiger partial charge in [0, 0.05) is 37.4 Å². The first-order valence-electron chi connectivity index (χ1n) is 11.4. The fourth-order valence-electron chi connectivity index (χ4n) is 3.92. The largest absolute Gasteiger partial charge is 0.487 e. The Morgan fingerprint density at radius 1 is 1.35 bits per heavy atom. The number of pyridine rings is 1. The van der Waals surface area contributed by atoms with E-state index in [0.29, 0.717) is 5.69 Å². The fraction of sp³-hybridized carbons (Fsp3) is 0.440. The van der Waals surface area contributed by atoms with Gasteiger partial charge in [0.25, 0.3) is 0 Å². The van der Waals surface area contributed by atoms with Crippen LogP contribution in [0.4, 0.5) is 0 Å². The number of hydrogen-bond acceptors (Lipinski definition) is 6. The molecule has 2 heterocycles. The van der Waals surface area contributed by atoms with Crippen LogP contribution in [0.25, 0.3) is 6.08 Å². The average Bonchev–Trinajstić information content (AvgIpc) is 2.81. The molecule has 1 aliphatic heterocycles. The smallest absolute Gasteiger partial charge is 0.247 e. The number of aromatic nitrogens is 1. The topological polar surface area (TPSA) is 100 Å².